The predicted molar refractivity (Wildman–Crippen MR) is 82.1 cm³/mol. The lowest BCUT2D eigenvalue weighted by Crippen LogP contribution is -2.31. The fourth-order valence-electron chi connectivity index (χ4n) is 2.25. The van der Waals surface area contributed by atoms with Crippen LogP contribution >= 0.6 is 0 Å². The number of aromatic nitrogens is 1. The standard InChI is InChI=1S/C17H20N2O3/c1-12-4-3-5-14(10-12)21-9-8-19(2)17(20)15-11-16(22-18-15)13-6-7-13/h3-5,10-11,13H,6-9H2,1-2H3. The molecule has 3 rings (SSSR count). The summed E-state index contributed by atoms with van der Waals surface area (Å²) in [6, 6.07) is 9.62. The summed E-state index contributed by atoms with van der Waals surface area (Å²) >= 11 is 0. The van der Waals surface area contributed by atoms with Gasteiger partial charge in [-0.3, -0.25) is 4.79 Å². The number of carbonyl (C=O) groups is 1. The summed E-state index contributed by atoms with van der Waals surface area (Å²) in [5.74, 6) is 1.97. The number of hydrogen-bond acceptors (Lipinski definition) is 4. The Hall–Kier alpha value is -2.30. The molecule has 1 heterocycles. The van der Waals surface area contributed by atoms with Gasteiger partial charge in [-0.2, -0.15) is 0 Å². The molecule has 1 aliphatic carbocycles. The third-order valence-electron chi connectivity index (χ3n) is 3.76. The topological polar surface area (TPSA) is 55.6 Å². The zero-order chi connectivity index (χ0) is 15.5. The molecule has 1 aliphatic rings. The van der Waals surface area contributed by atoms with Gasteiger partial charge in [0.05, 0.1) is 6.54 Å². The number of likely N-dealkylation sites (N-methyl/N-ethyl adjacent to an activating group) is 1. The summed E-state index contributed by atoms with van der Waals surface area (Å²) in [4.78, 5) is 13.8. The Kier molecular flexibility index (Phi) is 4.13. The van der Waals surface area contributed by atoms with Gasteiger partial charge in [-0.1, -0.05) is 17.3 Å². The Balaban J connectivity index is 1.50. The van der Waals surface area contributed by atoms with E-state index in [0.29, 0.717) is 24.8 Å². The van der Waals surface area contributed by atoms with Crippen molar-refractivity contribution in [1.29, 1.82) is 0 Å². The van der Waals surface area contributed by atoms with Gasteiger partial charge in [-0.05, 0) is 37.5 Å². The van der Waals surface area contributed by atoms with Crippen molar-refractivity contribution in [3.05, 3.63) is 47.3 Å². The van der Waals surface area contributed by atoms with Crippen LogP contribution in [0, 0.1) is 6.92 Å². The van der Waals surface area contributed by atoms with Gasteiger partial charge in [-0.25, -0.2) is 0 Å². The molecule has 1 aromatic carbocycles. The van der Waals surface area contributed by atoms with Crippen LogP contribution < -0.4 is 4.74 Å². The monoisotopic (exact) mass is 300 g/mol. The van der Waals surface area contributed by atoms with E-state index in [1.165, 1.54) is 0 Å². The summed E-state index contributed by atoms with van der Waals surface area (Å²) in [6.07, 6.45) is 2.26. The lowest BCUT2D eigenvalue weighted by molar-refractivity contribution is 0.0763. The highest BCUT2D eigenvalue weighted by Gasteiger charge is 2.29. The first-order chi connectivity index (χ1) is 10.6. The van der Waals surface area contributed by atoms with Gasteiger partial charge in [0, 0.05) is 19.0 Å². The molecule has 1 saturated carbocycles. The molecule has 0 saturated heterocycles. The molecule has 5 heteroatoms. The number of amides is 1. The number of ether oxygens (including phenoxy) is 1. The zero-order valence-corrected chi connectivity index (χ0v) is 12.9. The second kappa shape index (κ2) is 6.22. The molecule has 0 atom stereocenters. The fourth-order valence-corrected chi connectivity index (χ4v) is 2.25. The first-order valence-electron chi connectivity index (χ1n) is 7.55. The molecule has 5 nitrogen and oxygen atoms in total. The maximum atomic E-state index is 12.2. The van der Waals surface area contributed by atoms with E-state index in [4.69, 9.17) is 9.26 Å². The van der Waals surface area contributed by atoms with E-state index >= 15 is 0 Å². The van der Waals surface area contributed by atoms with Crippen LogP contribution in [-0.4, -0.2) is 36.2 Å². The van der Waals surface area contributed by atoms with E-state index in [-0.39, 0.29) is 5.91 Å². The van der Waals surface area contributed by atoms with E-state index in [1.54, 1.807) is 18.0 Å². The largest absolute Gasteiger partial charge is 0.492 e. The molecule has 1 fully saturated rings. The molecule has 22 heavy (non-hydrogen) atoms. The van der Waals surface area contributed by atoms with Crippen molar-refractivity contribution >= 4 is 5.91 Å². The van der Waals surface area contributed by atoms with Crippen molar-refractivity contribution < 1.29 is 14.1 Å². The molecule has 116 valence electrons. The number of carbonyl (C=O) groups excluding carboxylic acids is 1. The quantitative estimate of drug-likeness (QED) is 0.823. The summed E-state index contributed by atoms with van der Waals surface area (Å²) in [5, 5.41) is 3.87. The molecular weight excluding hydrogens is 280 g/mol. The van der Waals surface area contributed by atoms with E-state index in [2.05, 4.69) is 5.16 Å². The maximum Gasteiger partial charge on any atom is 0.275 e. The van der Waals surface area contributed by atoms with Gasteiger partial charge in [0.2, 0.25) is 0 Å². The van der Waals surface area contributed by atoms with Gasteiger partial charge in [-0.15, -0.1) is 0 Å². The zero-order valence-electron chi connectivity index (χ0n) is 12.9. The first kappa shape index (κ1) is 14.6. The van der Waals surface area contributed by atoms with Crippen LogP contribution in [0.25, 0.3) is 0 Å². The van der Waals surface area contributed by atoms with E-state index in [0.717, 1.165) is 29.9 Å². The van der Waals surface area contributed by atoms with E-state index < -0.39 is 0 Å². The van der Waals surface area contributed by atoms with Crippen LogP contribution in [0.2, 0.25) is 0 Å². The molecule has 1 aromatic heterocycles. The second-order valence-electron chi connectivity index (χ2n) is 5.78. The van der Waals surface area contributed by atoms with Crippen LogP contribution in [0.1, 0.15) is 40.6 Å². The third-order valence-corrected chi connectivity index (χ3v) is 3.76. The minimum atomic E-state index is -0.136. The van der Waals surface area contributed by atoms with Crippen molar-refractivity contribution in [3.63, 3.8) is 0 Å². The predicted octanol–water partition coefficient (Wildman–Crippen LogP) is 3.01. The fraction of sp³-hybridized carbons (Fsp3) is 0.412. The Morgan fingerprint density at radius 2 is 2.23 bits per heavy atom. The lowest BCUT2D eigenvalue weighted by atomic mass is 10.2. The number of rotatable bonds is 6. The highest BCUT2D eigenvalue weighted by Crippen LogP contribution is 2.40. The molecule has 1 amide bonds. The molecule has 0 N–H and O–H groups in total. The molecule has 2 aromatic rings. The SMILES string of the molecule is Cc1cccc(OCCN(C)C(=O)c2cc(C3CC3)on2)c1. The highest BCUT2D eigenvalue weighted by atomic mass is 16.5. The van der Waals surface area contributed by atoms with Gasteiger partial charge < -0.3 is 14.2 Å². The first-order valence-corrected chi connectivity index (χ1v) is 7.55. The van der Waals surface area contributed by atoms with Crippen molar-refractivity contribution in [2.45, 2.75) is 25.7 Å². The minimum absolute atomic E-state index is 0.136. The summed E-state index contributed by atoms with van der Waals surface area (Å²) < 4.78 is 10.9. The highest BCUT2D eigenvalue weighted by molar-refractivity contribution is 5.92. The molecule has 0 radical (unpaired) electrons. The Morgan fingerprint density at radius 3 is 2.95 bits per heavy atom. The number of aryl methyl sites for hydroxylation is 1. The molecule has 0 spiro atoms. The van der Waals surface area contributed by atoms with Gasteiger partial charge in [0.25, 0.3) is 5.91 Å². The number of nitrogens with zero attached hydrogens (tertiary/aromatic N) is 2. The van der Waals surface area contributed by atoms with Crippen LogP contribution in [-0.2, 0) is 0 Å². The summed E-state index contributed by atoms with van der Waals surface area (Å²) in [6.45, 7) is 2.96. The van der Waals surface area contributed by atoms with Crippen LogP contribution in [0.5, 0.6) is 5.75 Å². The van der Waals surface area contributed by atoms with Crippen LogP contribution in [0.15, 0.2) is 34.9 Å². The van der Waals surface area contributed by atoms with Gasteiger partial charge in [0.1, 0.15) is 18.1 Å². The smallest absolute Gasteiger partial charge is 0.275 e. The van der Waals surface area contributed by atoms with Crippen molar-refractivity contribution in [2.24, 2.45) is 0 Å². The summed E-state index contributed by atoms with van der Waals surface area (Å²) in [5.41, 5.74) is 1.53. The third kappa shape index (κ3) is 3.47. The average molecular weight is 300 g/mol. The molecule has 0 aliphatic heterocycles. The van der Waals surface area contributed by atoms with Crippen LogP contribution in [0.3, 0.4) is 0 Å². The second-order valence-corrected chi connectivity index (χ2v) is 5.78. The van der Waals surface area contributed by atoms with Gasteiger partial charge in [0.15, 0.2) is 5.69 Å². The van der Waals surface area contributed by atoms with E-state index in [1.807, 2.05) is 31.2 Å². The molecule has 0 bridgehead atoms. The Morgan fingerprint density at radius 1 is 1.41 bits per heavy atom. The van der Waals surface area contributed by atoms with Crippen LogP contribution in [0.4, 0.5) is 0 Å². The maximum absolute atomic E-state index is 12.2. The van der Waals surface area contributed by atoms with Crippen molar-refractivity contribution in [2.75, 3.05) is 20.2 Å². The number of benzene rings is 1. The minimum Gasteiger partial charge on any atom is -0.492 e. The molecular formula is C17H20N2O3. The molecule has 0 unspecified atom stereocenters. The lowest BCUT2D eigenvalue weighted by Gasteiger charge is -2.16. The summed E-state index contributed by atoms with van der Waals surface area (Å²) in [7, 11) is 1.74. The average Bonchev–Trinajstić information content (AvgIpc) is 3.24. The van der Waals surface area contributed by atoms with Crippen molar-refractivity contribution in [1.82, 2.24) is 10.1 Å². The number of hydrogen-bond donors (Lipinski definition) is 0. The normalized spacial score (nSPS) is 13.9. The van der Waals surface area contributed by atoms with Gasteiger partial charge >= 0.3 is 0 Å². The Bertz CT molecular complexity index is 661. The Labute approximate surface area is 129 Å². The van der Waals surface area contributed by atoms with Crippen molar-refractivity contribution in [3.8, 4) is 5.75 Å². The van der Waals surface area contributed by atoms with E-state index in [9.17, 15) is 4.79 Å².